The molecule has 0 heterocycles. The molecule has 1 rings (SSSR count). The fourth-order valence-corrected chi connectivity index (χ4v) is 1.56. The second kappa shape index (κ2) is 4.03. The lowest BCUT2D eigenvalue weighted by molar-refractivity contribution is -0.384. The zero-order chi connectivity index (χ0) is 11.6. The molecule has 0 unspecified atom stereocenters. The van der Waals surface area contributed by atoms with E-state index in [0.29, 0.717) is 0 Å². The van der Waals surface area contributed by atoms with Gasteiger partial charge < -0.3 is 4.18 Å². The third-order valence-corrected chi connectivity index (χ3v) is 2.15. The second-order valence-corrected chi connectivity index (χ2v) is 4.64. The molecule has 0 fully saturated rings. The van der Waals surface area contributed by atoms with Crippen molar-refractivity contribution in [1.29, 1.82) is 0 Å². The van der Waals surface area contributed by atoms with Crippen LogP contribution in [0.25, 0.3) is 0 Å². The molecule has 0 N–H and O–H groups in total. The Hall–Kier alpha value is -1.34. The maximum absolute atomic E-state index is 10.8. The number of nitrogens with zero attached hydrogens (tertiary/aromatic N) is 1. The van der Waals surface area contributed by atoms with Crippen molar-refractivity contribution in [3.05, 3.63) is 33.3 Å². The number of nitro benzene ring substituents is 1. The molecule has 0 aliphatic heterocycles. The zero-order valence-electron chi connectivity index (χ0n) is 7.51. The molecule has 0 spiro atoms. The number of rotatable bonds is 3. The predicted octanol–water partition coefficient (Wildman–Crippen LogP) is 1.59. The fraction of sp³-hybridized carbons (Fsp3) is 0.143. The molecular weight excluding hydrogens is 246 g/mol. The first kappa shape index (κ1) is 11.7. The van der Waals surface area contributed by atoms with Crippen molar-refractivity contribution in [2.75, 3.05) is 6.26 Å². The van der Waals surface area contributed by atoms with Crippen LogP contribution in [0.15, 0.2) is 18.2 Å². The molecule has 1 aromatic carbocycles. The highest BCUT2D eigenvalue weighted by Crippen LogP contribution is 2.29. The van der Waals surface area contributed by atoms with Gasteiger partial charge in [0.15, 0.2) is 5.75 Å². The van der Waals surface area contributed by atoms with Crippen LogP contribution in [0.2, 0.25) is 5.02 Å². The minimum atomic E-state index is -3.69. The van der Waals surface area contributed by atoms with Crippen LogP contribution >= 0.6 is 11.6 Å². The lowest BCUT2D eigenvalue weighted by Gasteiger charge is -2.03. The van der Waals surface area contributed by atoms with Crippen molar-refractivity contribution >= 4 is 27.4 Å². The van der Waals surface area contributed by atoms with Crippen molar-refractivity contribution in [2.24, 2.45) is 0 Å². The van der Waals surface area contributed by atoms with Gasteiger partial charge in [-0.1, -0.05) is 11.6 Å². The number of halogens is 1. The van der Waals surface area contributed by atoms with E-state index in [4.69, 9.17) is 11.6 Å². The van der Waals surface area contributed by atoms with Gasteiger partial charge in [-0.05, 0) is 6.07 Å². The quantitative estimate of drug-likeness (QED) is 0.462. The van der Waals surface area contributed by atoms with Crippen LogP contribution in [0.4, 0.5) is 5.69 Å². The molecule has 0 aliphatic rings. The average Bonchev–Trinajstić information content (AvgIpc) is 2.05. The summed E-state index contributed by atoms with van der Waals surface area (Å²) in [7, 11) is -3.69. The number of non-ortho nitro benzene ring substituents is 1. The highest BCUT2D eigenvalue weighted by Gasteiger charge is 2.13. The number of nitro groups is 1. The number of benzene rings is 1. The summed E-state index contributed by atoms with van der Waals surface area (Å²) in [5, 5.41) is 10.2. The van der Waals surface area contributed by atoms with E-state index < -0.39 is 15.0 Å². The van der Waals surface area contributed by atoms with Crippen LogP contribution < -0.4 is 4.18 Å². The molecule has 0 saturated heterocycles. The van der Waals surface area contributed by atoms with E-state index in [9.17, 15) is 18.5 Å². The summed E-state index contributed by atoms with van der Waals surface area (Å²) >= 11 is 5.59. The SMILES string of the molecule is CS(=O)(=O)Oc1ccc([N+](=O)[O-])cc1Cl. The molecule has 82 valence electrons. The van der Waals surface area contributed by atoms with Crippen LogP contribution in [0.1, 0.15) is 0 Å². The van der Waals surface area contributed by atoms with Gasteiger partial charge in [0, 0.05) is 12.1 Å². The summed E-state index contributed by atoms with van der Waals surface area (Å²) in [6, 6.07) is 3.25. The minimum absolute atomic E-state index is 0.130. The molecule has 0 aromatic heterocycles. The standard InChI is InChI=1S/C7H6ClNO5S/c1-15(12,13)14-7-3-2-5(9(10)11)4-6(7)8/h2-4H,1H3. The summed E-state index contributed by atoms with van der Waals surface area (Å²) in [4.78, 5) is 9.69. The molecular formula is C7H6ClNO5S. The predicted molar refractivity (Wildman–Crippen MR) is 53.6 cm³/mol. The summed E-state index contributed by atoms with van der Waals surface area (Å²) in [6.07, 6.45) is 0.852. The van der Waals surface area contributed by atoms with Gasteiger partial charge >= 0.3 is 10.1 Å². The van der Waals surface area contributed by atoms with Crippen LogP contribution in [0, 0.1) is 10.1 Å². The van der Waals surface area contributed by atoms with E-state index >= 15 is 0 Å². The maximum atomic E-state index is 10.8. The molecule has 6 nitrogen and oxygen atoms in total. The van der Waals surface area contributed by atoms with Crippen LogP contribution in [-0.2, 0) is 10.1 Å². The first-order valence-electron chi connectivity index (χ1n) is 3.63. The Kier molecular flexibility index (Phi) is 3.15. The summed E-state index contributed by atoms with van der Waals surface area (Å²) in [5.74, 6) is -0.134. The van der Waals surface area contributed by atoms with Crippen molar-refractivity contribution in [3.63, 3.8) is 0 Å². The molecule has 0 atom stereocenters. The summed E-state index contributed by atoms with van der Waals surface area (Å²) < 4.78 is 26.0. The van der Waals surface area contributed by atoms with Gasteiger partial charge in [0.2, 0.25) is 0 Å². The first-order chi connectivity index (χ1) is 6.79. The zero-order valence-corrected chi connectivity index (χ0v) is 9.08. The summed E-state index contributed by atoms with van der Waals surface area (Å²) in [5.41, 5.74) is -0.235. The van der Waals surface area contributed by atoms with Crippen LogP contribution in [-0.4, -0.2) is 19.6 Å². The molecule has 1 aromatic rings. The summed E-state index contributed by atoms with van der Waals surface area (Å²) in [6.45, 7) is 0. The van der Waals surface area contributed by atoms with Crippen LogP contribution in [0.3, 0.4) is 0 Å². The smallest absolute Gasteiger partial charge is 0.306 e. The highest BCUT2D eigenvalue weighted by atomic mass is 35.5. The minimum Gasteiger partial charge on any atom is -0.381 e. The third kappa shape index (κ3) is 3.37. The normalized spacial score (nSPS) is 11.1. The Balaban J connectivity index is 3.09. The van der Waals surface area contributed by atoms with E-state index in [-0.39, 0.29) is 16.5 Å². The molecule has 0 saturated carbocycles. The number of hydrogen-bond acceptors (Lipinski definition) is 5. The Bertz CT molecular complexity index is 498. The molecule has 0 aliphatic carbocycles. The third-order valence-electron chi connectivity index (χ3n) is 1.37. The van der Waals surface area contributed by atoms with Crippen LogP contribution in [0.5, 0.6) is 5.75 Å². The van der Waals surface area contributed by atoms with Gasteiger partial charge in [0.25, 0.3) is 5.69 Å². The van der Waals surface area contributed by atoms with E-state index in [1.807, 2.05) is 0 Å². The largest absolute Gasteiger partial charge is 0.381 e. The molecule has 8 heteroatoms. The van der Waals surface area contributed by atoms with Gasteiger partial charge in [-0.3, -0.25) is 10.1 Å². The van der Waals surface area contributed by atoms with Gasteiger partial charge in [0.1, 0.15) is 0 Å². The number of hydrogen-bond donors (Lipinski definition) is 0. The van der Waals surface area contributed by atoms with Crippen molar-refractivity contribution < 1.29 is 17.5 Å². The van der Waals surface area contributed by atoms with E-state index in [0.717, 1.165) is 24.5 Å². The lowest BCUT2D eigenvalue weighted by Crippen LogP contribution is -2.06. The molecule has 0 bridgehead atoms. The molecule has 0 radical (unpaired) electrons. The highest BCUT2D eigenvalue weighted by molar-refractivity contribution is 7.86. The fourth-order valence-electron chi connectivity index (χ4n) is 0.834. The van der Waals surface area contributed by atoms with Gasteiger partial charge in [-0.25, -0.2) is 0 Å². The lowest BCUT2D eigenvalue weighted by atomic mass is 10.3. The Morgan fingerprint density at radius 1 is 1.47 bits per heavy atom. The Labute approximate surface area is 90.7 Å². The van der Waals surface area contributed by atoms with Gasteiger partial charge in [0.05, 0.1) is 16.2 Å². The van der Waals surface area contributed by atoms with Gasteiger partial charge in [-0.2, -0.15) is 8.42 Å². The maximum Gasteiger partial charge on any atom is 0.306 e. The van der Waals surface area contributed by atoms with E-state index in [1.165, 1.54) is 0 Å². The van der Waals surface area contributed by atoms with E-state index in [1.54, 1.807) is 0 Å². The molecule has 15 heavy (non-hydrogen) atoms. The Morgan fingerprint density at radius 3 is 2.47 bits per heavy atom. The average molecular weight is 252 g/mol. The first-order valence-corrected chi connectivity index (χ1v) is 5.82. The molecule has 0 amide bonds. The monoisotopic (exact) mass is 251 g/mol. The van der Waals surface area contributed by atoms with E-state index in [2.05, 4.69) is 4.18 Å². The van der Waals surface area contributed by atoms with Crippen molar-refractivity contribution in [3.8, 4) is 5.75 Å². The second-order valence-electron chi connectivity index (χ2n) is 2.66. The van der Waals surface area contributed by atoms with Crippen molar-refractivity contribution in [1.82, 2.24) is 0 Å². The Morgan fingerprint density at radius 2 is 2.07 bits per heavy atom. The van der Waals surface area contributed by atoms with Gasteiger partial charge in [-0.15, -0.1) is 0 Å². The topological polar surface area (TPSA) is 86.5 Å². The van der Waals surface area contributed by atoms with Crippen molar-refractivity contribution in [2.45, 2.75) is 0 Å².